The zero-order valence-electron chi connectivity index (χ0n) is 14.4. The molecule has 0 unspecified atom stereocenters. The number of nitrogens with zero attached hydrogens (tertiary/aromatic N) is 1. The van der Waals surface area contributed by atoms with Gasteiger partial charge in [0.15, 0.2) is 0 Å². The largest absolute Gasteiger partial charge is 0.355 e. The number of benzene rings is 3. The molecule has 2 N–H and O–H groups in total. The number of imidazole rings is 1. The molecule has 0 aliphatic rings. The van der Waals surface area contributed by atoms with E-state index in [9.17, 15) is 4.79 Å². The molecule has 4 aromatic rings. The molecule has 128 valence electrons. The molecule has 3 aromatic carbocycles. The van der Waals surface area contributed by atoms with Gasteiger partial charge in [0.2, 0.25) is 0 Å². The van der Waals surface area contributed by atoms with Gasteiger partial charge in [-0.1, -0.05) is 60.7 Å². The average Bonchev–Trinajstić information content (AvgIpc) is 3.11. The Balaban J connectivity index is 1.85. The van der Waals surface area contributed by atoms with Crippen molar-refractivity contribution < 1.29 is 4.79 Å². The van der Waals surface area contributed by atoms with E-state index in [0.717, 1.165) is 16.9 Å². The van der Waals surface area contributed by atoms with Gasteiger partial charge in [-0.05, 0) is 29.3 Å². The van der Waals surface area contributed by atoms with Crippen LogP contribution < -0.4 is 5.32 Å². The van der Waals surface area contributed by atoms with E-state index in [4.69, 9.17) is 4.98 Å². The molecule has 0 aliphatic heterocycles. The van der Waals surface area contributed by atoms with Crippen LogP contribution >= 0.6 is 0 Å². The minimum absolute atomic E-state index is 0.00764. The summed E-state index contributed by atoms with van der Waals surface area (Å²) in [4.78, 5) is 20.1. The van der Waals surface area contributed by atoms with Gasteiger partial charge in [0.1, 0.15) is 5.82 Å². The Morgan fingerprint density at radius 2 is 1.54 bits per heavy atom. The van der Waals surface area contributed by atoms with E-state index < -0.39 is 0 Å². The van der Waals surface area contributed by atoms with Crippen LogP contribution in [-0.4, -0.2) is 22.9 Å². The van der Waals surface area contributed by atoms with E-state index in [0.29, 0.717) is 5.56 Å². The number of rotatable bonds is 4. The third kappa shape index (κ3) is 2.97. The lowest BCUT2D eigenvalue weighted by Crippen LogP contribution is -2.17. The Labute approximate surface area is 151 Å². The molecule has 1 aromatic heterocycles. The van der Waals surface area contributed by atoms with Crippen molar-refractivity contribution in [2.75, 3.05) is 7.05 Å². The molecule has 0 atom stereocenters. The number of amides is 1. The molecule has 0 spiro atoms. The minimum Gasteiger partial charge on any atom is -0.355 e. The summed E-state index contributed by atoms with van der Waals surface area (Å²) in [6.45, 7) is 0. The molecule has 0 saturated heterocycles. The van der Waals surface area contributed by atoms with E-state index in [1.54, 1.807) is 13.1 Å². The summed E-state index contributed by atoms with van der Waals surface area (Å²) in [5.74, 6) is 0.769. The number of hydrogen-bond donors (Lipinski definition) is 2. The Bertz CT molecular complexity index is 999. The summed E-state index contributed by atoms with van der Waals surface area (Å²) >= 11 is 0. The van der Waals surface area contributed by atoms with Gasteiger partial charge in [-0.15, -0.1) is 0 Å². The maximum Gasteiger partial charge on any atom is 0.251 e. The fourth-order valence-corrected chi connectivity index (χ4v) is 3.25. The predicted molar refractivity (Wildman–Crippen MR) is 103 cm³/mol. The molecular formula is C22H19N3O. The van der Waals surface area contributed by atoms with Crippen molar-refractivity contribution in [3.05, 3.63) is 101 Å². The van der Waals surface area contributed by atoms with E-state index in [1.165, 1.54) is 11.1 Å². The summed E-state index contributed by atoms with van der Waals surface area (Å²) in [7, 11) is 1.63. The van der Waals surface area contributed by atoms with Gasteiger partial charge in [0.05, 0.1) is 17.0 Å². The first-order valence-electron chi connectivity index (χ1n) is 8.58. The van der Waals surface area contributed by atoms with Crippen molar-refractivity contribution in [1.82, 2.24) is 15.3 Å². The molecule has 0 aliphatic carbocycles. The van der Waals surface area contributed by atoms with Crippen LogP contribution in [0.25, 0.3) is 11.0 Å². The fraction of sp³-hybridized carbons (Fsp3) is 0.0909. The molecule has 1 amide bonds. The number of carbonyl (C=O) groups is 1. The molecule has 0 bridgehead atoms. The van der Waals surface area contributed by atoms with Crippen molar-refractivity contribution in [2.45, 2.75) is 5.92 Å². The van der Waals surface area contributed by atoms with Crippen LogP contribution in [0.5, 0.6) is 0 Å². The SMILES string of the molecule is CNC(=O)c1ccc2nc(C(c3ccccc3)c3ccccc3)[nH]c2c1. The predicted octanol–water partition coefficient (Wildman–Crippen LogP) is 4.10. The molecule has 4 nitrogen and oxygen atoms in total. The van der Waals surface area contributed by atoms with Crippen LogP contribution in [-0.2, 0) is 0 Å². The zero-order valence-corrected chi connectivity index (χ0v) is 14.4. The Hall–Kier alpha value is -3.40. The van der Waals surface area contributed by atoms with Crippen LogP contribution in [0.3, 0.4) is 0 Å². The van der Waals surface area contributed by atoms with Crippen LogP contribution in [0.4, 0.5) is 0 Å². The van der Waals surface area contributed by atoms with Crippen LogP contribution in [0.15, 0.2) is 78.9 Å². The highest BCUT2D eigenvalue weighted by Gasteiger charge is 2.20. The number of nitrogens with one attached hydrogen (secondary N) is 2. The van der Waals surface area contributed by atoms with Crippen molar-refractivity contribution in [3.63, 3.8) is 0 Å². The maximum atomic E-state index is 11.9. The summed E-state index contributed by atoms with van der Waals surface area (Å²) in [5.41, 5.74) is 4.67. The lowest BCUT2D eigenvalue weighted by molar-refractivity contribution is 0.0963. The highest BCUT2D eigenvalue weighted by molar-refractivity contribution is 5.97. The summed E-state index contributed by atoms with van der Waals surface area (Å²) in [6, 6.07) is 26.2. The second-order valence-corrected chi connectivity index (χ2v) is 6.19. The van der Waals surface area contributed by atoms with E-state index in [2.05, 4.69) is 34.6 Å². The van der Waals surface area contributed by atoms with Crippen molar-refractivity contribution in [1.29, 1.82) is 0 Å². The highest BCUT2D eigenvalue weighted by Crippen LogP contribution is 2.31. The average molecular weight is 341 g/mol. The Morgan fingerprint density at radius 1 is 0.923 bits per heavy atom. The zero-order chi connectivity index (χ0) is 17.9. The number of hydrogen-bond acceptors (Lipinski definition) is 2. The normalized spacial score (nSPS) is 11.0. The van der Waals surface area contributed by atoms with Crippen molar-refractivity contribution >= 4 is 16.9 Å². The lowest BCUT2D eigenvalue weighted by Gasteiger charge is -2.15. The summed E-state index contributed by atoms with van der Waals surface area (Å²) < 4.78 is 0. The maximum absolute atomic E-state index is 11.9. The Morgan fingerprint density at radius 3 is 2.12 bits per heavy atom. The smallest absolute Gasteiger partial charge is 0.251 e. The van der Waals surface area contributed by atoms with Crippen LogP contribution in [0, 0.1) is 0 Å². The highest BCUT2D eigenvalue weighted by atomic mass is 16.1. The van der Waals surface area contributed by atoms with Crippen molar-refractivity contribution in [3.8, 4) is 0 Å². The van der Waals surface area contributed by atoms with Crippen LogP contribution in [0.1, 0.15) is 33.2 Å². The first kappa shape index (κ1) is 16.1. The molecule has 1 heterocycles. The third-order valence-electron chi connectivity index (χ3n) is 4.53. The van der Waals surface area contributed by atoms with Gasteiger partial charge in [-0.25, -0.2) is 4.98 Å². The second-order valence-electron chi connectivity index (χ2n) is 6.19. The summed E-state index contributed by atoms with van der Waals surface area (Å²) in [5, 5.41) is 2.65. The number of aromatic amines is 1. The fourth-order valence-electron chi connectivity index (χ4n) is 3.25. The van der Waals surface area contributed by atoms with Crippen LogP contribution in [0.2, 0.25) is 0 Å². The first-order chi connectivity index (χ1) is 12.8. The second kappa shape index (κ2) is 6.84. The molecule has 0 fully saturated rings. The van der Waals surface area contributed by atoms with Gasteiger partial charge >= 0.3 is 0 Å². The Kier molecular flexibility index (Phi) is 4.23. The standard InChI is InChI=1S/C22H19N3O/c1-23-22(26)17-12-13-18-19(14-17)25-21(24-18)20(15-8-4-2-5-9-15)16-10-6-3-7-11-16/h2-14,20H,1H3,(H,23,26)(H,24,25). The number of carbonyl (C=O) groups excluding carboxylic acids is 1. The third-order valence-corrected chi connectivity index (χ3v) is 4.53. The molecule has 0 radical (unpaired) electrons. The molecule has 4 heteroatoms. The number of fused-ring (bicyclic) bond motifs is 1. The minimum atomic E-state index is -0.106. The quantitative estimate of drug-likeness (QED) is 0.587. The first-order valence-corrected chi connectivity index (χ1v) is 8.58. The van der Waals surface area contributed by atoms with Gasteiger partial charge in [-0.3, -0.25) is 4.79 Å². The number of aromatic nitrogens is 2. The monoisotopic (exact) mass is 341 g/mol. The van der Waals surface area contributed by atoms with Gasteiger partial charge in [0.25, 0.3) is 5.91 Å². The number of H-pyrrole nitrogens is 1. The van der Waals surface area contributed by atoms with E-state index in [-0.39, 0.29) is 11.8 Å². The molecule has 0 saturated carbocycles. The van der Waals surface area contributed by atoms with Gasteiger partial charge in [-0.2, -0.15) is 0 Å². The summed E-state index contributed by atoms with van der Waals surface area (Å²) in [6.07, 6.45) is 0. The van der Waals surface area contributed by atoms with E-state index in [1.807, 2.05) is 48.5 Å². The van der Waals surface area contributed by atoms with Gasteiger partial charge < -0.3 is 10.3 Å². The van der Waals surface area contributed by atoms with Crippen molar-refractivity contribution in [2.24, 2.45) is 0 Å². The van der Waals surface area contributed by atoms with Gasteiger partial charge in [0, 0.05) is 12.6 Å². The van der Waals surface area contributed by atoms with E-state index >= 15 is 0 Å². The lowest BCUT2D eigenvalue weighted by atomic mass is 9.91. The molecule has 26 heavy (non-hydrogen) atoms. The topological polar surface area (TPSA) is 57.8 Å². The molecule has 4 rings (SSSR count). The molecular weight excluding hydrogens is 322 g/mol.